The molecule has 0 radical (unpaired) electrons. The number of hydrogen-bond donors (Lipinski definition) is 1. The third-order valence-corrected chi connectivity index (χ3v) is 7.13. The fraction of sp³-hybridized carbons (Fsp3) is 0.333. The summed E-state index contributed by atoms with van der Waals surface area (Å²) in [5.74, 6) is -0.839. The van der Waals surface area contributed by atoms with Crippen molar-refractivity contribution in [1.82, 2.24) is 0 Å². The molecule has 2 aromatic rings. The van der Waals surface area contributed by atoms with Crippen LogP contribution in [0.25, 0.3) is 0 Å². The molecule has 156 valence electrons. The van der Waals surface area contributed by atoms with Gasteiger partial charge < -0.3 is 19.1 Å². The number of ether oxygens (including phenoxy) is 3. The van der Waals surface area contributed by atoms with Crippen molar-refractivity contribution in [1.29, 1.82) is 0 Å². The van der Waals surface area contributed by atoms with Crippen LogP contribution in [0.4, 0.5) is 10.7 Å². The van der Waals surface area contributed by atoms with Crippen molar-refractivity contribution < 1.29 is 32.2 Å². The molecule has 0 fully saturated rings. The number of fused-ring (bicyclic) bond motifs is 1. The van der Waals surface area contributed by atoms with Gasteiger partial charge >= 0.3 is 11.9 Å². The van der Waals surface area contributed by atoms with Gasteiger partial charge in [0.25, 0.3) is 10.0 Å². The summed E-state index contributed by atoms with van der Waals surface area (Å²) in [7, 11) is 0.166. The molecular weight excluding hydrogens is 420 g/mol. The maximum absolute atomic E-state index is 13.0. The molecule has 0 unspecified atom stereocenters. The molecule has 11 heteroatoms. The molecule has 1 aromatic carbocycles. The first kappa shape index (κ1) is 20.9. The van der Waals surface area contributed by atoms with E-state index in [0.717, 1.165) is 11.3 Å². The van der Waals surface area contributed by atoms with Gasteiger partial charge in [0.05, 0.1) is 36.9 Å². The van der Waals surface area contributed by atoms with E-state index < -0.39 is 22.0 Å². The Bertz CT molecular complexity index is 1080. The second-order valence-electron chi connectivity index (χ2n) is 6.25. The number of benzene rings is 1. The Kier molecular flexibility index (Phi) is 5.71. The maximum atomic E-state index is 13.0. The first-order chi connectivity index (χ1) is 13.7. The van der Waals surface area contributed by atoms with E-state index in [0.29, 0.717) is 24.6 Å². The Hall–Kier alpha value is -2.79. The number of rotatable bonds is 5. The molecule has 0 saturated heterocycles. The summed E-state index contributed by atoms with van der Waals surface area (Å²) in [5.41, 5.74) is 0.898. The number of nitrogens with one attached hydrogen (secondary N) is 1. The lowest BCUT2D eigenvalue weighted by Gasteiger charge is -2.28. The third kappa shape index (κ3) is 3.87. The molecule has 29 heavy (non-hydrogen) atoms. The normalized spacial score (nSPS) is 13.3. The van der Waals surface area contributed by atoms with Gasteiger partial charge in [0.2, 0.25) is 0 Å². The number of carbonyl (C=O) groups is 2. The van der Waals surface area contributed by atoms with E-state index >= 15 is 0 Å². The Morgan fingerprint density at radius 3 is 2.55 bits per heavy atom. The summed E-state index contributed by atoms with van der Waals surface area (Å²) in [5, 5.41) is -0.0166. The smallest absolute Gasteiger partial charge is 0.348 e. The molecule has 0 aliphatic carbocycles. The van der Waals surface area contributed by atoms with E-state index in [9.17, 15) is 18.0 Å². The summed E-state index contributed by atoms with van der Waals surface area (Å²) in [6.45, 7) is 2.67. The van der Waals surface area contributed by atoms with Crippen molar-refractivity contribution in [3.8, 4) is 5.75 Å². The van der Waals surface area contributed by atoms with Crippen LogP contribution < -0.4 is 14.4 Å². The topological polar surface area (TPSA) is 111 Å². The molecule has 0 amide bonds. The largest absolute Gasteiger partial charge is 0.490 e. The van der Waals surface area contributed by atoms with Crippen LogP contribution in [0, 0.1) is 6.92 Å². The van der Waals surface area contributed by atoms with Crippen LogP contribution in [0.2, 0.25) is 0 Å². The molecule has 0 spiro atoms. The Morgan fingerprint density at radius 2 is 1.90 bits per heavy atom. The van der Waals surface area contributed by atoms with Gasteiger partial charge in [0.15, 0.2) is 0 Å². The lowest BCUT2D eigenvalue weighted by Crippen LogP contribution is -2.29. The highest BCUT2D eigenvalue weighted by molar-refractivity contribution is 7.93. The van der Waals surface area contributed by atoms with Crippen molar-refractivity contribution in [2.24, 2.45) is 0 Å². The molecule has 0 saturated carbocycles. The quantitative estimate of drug-likeness (QED) is 0.705. The summed E-state index contributed by atoms with van der Waals surface area (Å²) in [4.78, 5) is 26.2. The molecular formula is C18H20N2O7S2. The van der Waals surface area contributed by atoms with E-state index in [-0.39, 0.29) is 25.9 Å². The Morgan fingerprint density at radius 1 is 1.21 bits per heavy atom. The van der Waals surface area contributed by atoms with Crippen LogP contribution in [-0.4, -0.2) is 54.8 Å². The summed E-state index contributed by atoms with van der Waals surface area (Å²) in [6, 6.07) is 4.50. The van der Waals surface area contributed by atoms with Crippen LogP contribution in [-0.2, 0) is 19.5 Å². The van der Waals surface area contributed by atoms with Crippen LogP contribution in [0.1, 0.15) is 25.6 Å². The van der Waals surface area contributed by atoms with E-state index in [1.54, 1.807) is 6.07 Å². The van der Waals surface area contributed by atoms with Gasteiger partial charge in [0, 0.05) is 7.05 Å². The minimum Gasteiger partial charge on any atom is -0.490 e. The second-order valence-corrected chi connectivity index (χ2v) is 8.95. The van der Waals surface area contributed by atoms with Crippen LogP contribution in [0.15, 0.2) is 23.1 Å². The van der Waals surface area contributed by atoms with Crippen LogP contribution >= 0.6 is 11.3 Å². The zero-order chi connectivity index (χ0) is 21.3. The van der Waals surface area contributed by atoms with Crippen molar-refractivity contribution in [3.05, 3.63) is 34.2 Å². The number of esters is 2. The minimum atomic E-state index is -4.05. The second kappa shape index (κ2) is 7.91. The number of hydrogen-bond acceptors (Lipinski definition) is 9. The lowest BCUT2D eigenvalue weighted by atomic mass is 10.1. The van der Waals surface area contributed by atoms with E-state index in [1.165, 1.54) is 33.3 Å². The highest BCUT2D eigenvalue weighted by Gasteiger charge is 2.29. The van der Waals surface area contributed by atoms with Crippen molar-refractivity contribution >= 4 is 44.0 Å². The zero-order valence-electron chi connectivity index (χ0n) is 16.3. The predicted octanol–water partition coefficient (Wildman–Crippen LogP) is 2.26. The number of likely N-dealkylation sites (N-methyl/N-ethyl adjacent to an activating group) is 1. The molecule has 1 aromatic heterocycles. The zero-order valence-corrected chi connectivity index (χ0v) is 17.9. The SMILES string of the molecule is COC(=O)c1sc(NS(=O)(=O)c2ccc3c(c2)N(C)CCO3)c(C(=O)OC)c1C. The highest BCUT2D eigenvalue weighted by Crippen LogP contribution is 2.37. The fourth-order valence-corrected chi connectivity index (χ4v) is 5.34. The standard InChI is InChI=1S/C18H20N2O7S2/c1-10-14(17(21)25-3)16(28-15(10)18(22)26-4)19-29(23,24)11-5-6-13-12(9-11)20(2)7-8-27-13/h5-6,9,19H,7-8H2,1-4H3. The van der Waals surface area contributed by atoms with Crippen molar-refractivity contribution in [3.63, 3.8) is 0 Å². The first-order valence-corrected chi connectivity index (χ1v) is 10.8. The van der Waals surface area contributed by atoms with Gasteiger partial charge in [-0.05, 0) is 30.7 Å². The van der Waals surface area contributed by atoms with E-state index in [4.69, 9.17) is 14.2 Å². The predicted molar refractivity (Wildman–Crippen MR) is 108 cm³/mol. The third-order valence-electron chi connectivity index (χ3n) is 4.47. The van der Waals surface area contributed by atoms with Gasteiger partial charge in [-0.1, -0.05) is 0 Å². The fourth-order valence-electron chi connectivity index (χ4n) is 2.90. The summed E-state index contributed by atoms with van der Waals surface area (Å²) < 4.78 is 43.4. The van der Waals surface area contributed by atoms with Gasteiger partial charge in [-0.2, -0.15) is 0 Å². The average Bonchev–Trinajstić information content (AvgIpc) is 3.02. The minimum absolute atomic E-state index is 0.00455. The summed E-state index contributed by atoms with van der Waals surface area (Å²) >= 11 is 0.813. The van der Waals surface area contributed by atoms with E-state index in [1.807, 2.05) is 11.9 Å². The van der Waals surface area contributed by atoms with Crippen LogP contribution in [0.5, 0.6) is 5.75 Å². The van der Waals surface area contributed by atoms with Gasteiger partial charge in [-0.15, -0.1) is 11.3 Å². The number of thiophene rings is 1. The van der Waals surface area contributed by atoms with Gasteiger partial charge in [0.1, 0.15) is 22.2 Å². The van der Waals surface area contributed by atoms with Crippen LogP contribution in [0.3, 0.4) is 0 Å². The monoisotopic (exact) mass is 440 g/mol. The number of nitrogens with zero attached hydrogens (tertiary/aromatic N) is 1. The number of sulfonamides is 1. The molecule has 1 aliphatic rings. The highest BCUT2D eigenvalue weighted by atomic mass is 32.2. The molecule has 1 aliphatic heterocycles. The Labute approximate surface area is 172 Å². The number of carbonyl (C=O) groups excluding carboxylic acids is 2. The maximum Gasteiger partial charge on any atom is 0.348 e. The molecule has 9 nitrogen and oxygen atoms in total. The Balaban J connectivity index is 2.04. The van der Waals surface area contributed by atoms with E-state index in [2.05, 4.69) is 4.72 Å². The van der Waals surface area contributed by atoms with Gasteiger partial charge in [-0.25, -0.2) is 18.0 Å². The molecule has 2 heterocycles. The molecule has 1 N–H and O–H groups in total. The van der Waals surface area contributed by atoms with Crippen molar-refractivity contribution in [2.75, 3.05) is 44.0 Å². The number of anilines is 2. The number of methoxy groups -OCH3 is 2. The first-order valence-electron chi connectivity index (χ1n) is 8.50. The molecule has 0 bridgehead atoms. The average molecular weight is 440 g/mol. The molecule has 3 rings (SSSR count). The molecule has 0 atom stereocenters. The van der Waals surface area contributed by atoms with Gasteiger partial charge in [-0.3, -0.25) is 4.72 Å². The lowest BCUT2D eigenvalue weighted by molar-refractivity contribution is 0.0601. The van der Waals surface area contributed by atoms with Crippen molar-refractivity contribution in [2.45, 2.75) is 11.8 Å². The summed E-state index contributed by atoms with van der Waals surface area (Å²) in [6.07, 6.45) is 0.